The van der Waals surface area contributed by atoms with Crippen molar-refractivity contribution in [3.63, 3.8) is 0 Å². The molecule has 0 bridgehead atoms. The smallest absolute Gasteiger partial charge is 0.155 e. The molecule has 0 unspecified atom stereocenters. The Morgan fingerprint density at radius 1 is 1.20 bits per heavy atom. The summed E-state index contributed by atoms with van der Waals surface area (Å²) in [7, 11) is -3.03. The minimum atomic E-state index is -3.03. The van der Waals surface area contributed by atoms with E-state index in [1.807, 2.05) is 24.3 Å². The van der Waals surface area contributed by atoms with Crippen LogP contribution in [0.3, 0.4) is 0 Å². The van der Waals surface area contributed by atoms with E-state index >= 15 is 0 Å². The minimum absolute atomic E-state index is 0.0600. The summed E-state index contributed by atoms with van der Waals surface area (Å²) >= 11 is 0. The average molecular weight is 299 g/mol. The quantitative estimate of drug-likeness (QED) is 0.711. The first-order valence-electron chi connectivity index (χ1n) is 7.09. The van der Waals surface area contributed by atoms with E-state index in [-0.39, 0.29) is 17.6 Å². The van der Waals surface area contributed by atoms with E-state index in [4.69, 9.17) is 4.74 Å². The summed E-state index contributed by atoms with van der Waals surface area (Å²) in [6.07, 6.45) is 1.12. The van der Waals surface area contributed by atoms with Crippen LogP contribution in [0.25, 0.3) is 0 Å². The van der Waals surface area contributed by atoms with Gasteiger partial charge in [0.25, 0.3) is 0 Å². The monoisotopic (exact) mass is 299 g/mol. The van der Waals surface area contributed by atoms with Crippen LogP contribution in [-0.4, -0.2) is 32.6 Å². The third-order valence-electron chi connectivity index (χ3n) is 3.03. The Kier molecular flexibility index (Phi) is 7.02. The molecule has 1 aromatic carbocycles. The molecule has 0 heterocycles. The molecule has 1 aromatic rings. The lowest BCUT2D eigenvalue weighted by molar-refractivity contribution is 0.340. The van der Waals surface area contributed by atoms with Gasteiger partial charge in [-0.2, -0.15) is 0 Å². The zero-order chi connectivity index (χ0) is 15.0. The van der Waals surface area contributed by atoms with Crippen molar-refractivity contribution in [1.29, 1.82) is 0 Å². The second-order valence-electron chi connectivity index (χ2n) is 5.08. The lowest BCUT2D eigenvalue weighted by Gasteiger charge is -2.10. The maximum Gasteiger partial charge on any atom is 0.155 e. The Morgan fingerprint density at radius 2 is 1.85 bits per heavy atom. The van der Waals surface area contributed by atoms with E-state index in [1.54, 1.807) is 13.8 Å². The fourth-order valence-corrected chi connectivity index (χ4v) is 2.41. The van der Waals surface area contributed by atoms with Crippen LogP contribution in [-0.2, 0) is 16.4 Å². The molecule has 0 saturated heterocycles. The van der Waals surface area contributed by atoms with Gasteiger partial charge in [-0.15, -0.1) is 0 Å². The molecule has 0 radical (unpaired) electrons. The standard InChI is InChI=1S/C15H25NO3S/c1-4-9-16-12-14-5-7-15(8-6-14)19-10-11-20(17,18)13(2)3/h5-8,13,16H,4,9-12H2,1-3H3. The summed E-state index contributed by atoms with van der Waals surface area (Å²) in [6, 6.07) is 7.75. The number of sulfone groups is 1. The van der Waals surface area contributed by atoms with Gasteiger partial charge in [-0.05, 0) is 44.5 Å². The number of hydrogen-bond acceptors (Lipinski definition) is 4. The summed E-state index contributed by atoms with van der Waals surface area (Å²) < 4.78 is 28.7. The SMILES string of the molecule is CCCNCc1ccc(OCCS(=O)(=O)C(C)C)cc1. The summed E-state index contributed by atoms with van der Waals surface area (Å²) in [4.78, 5) is 0. The fourth-order valence-electron chi connectivity index (χ4n) is 1.62. The molecule has 1 N–H and O–H groups in total. The number of hydrogen-bond donors (Lipinski definition) is 1. The van der Waals surface area contributed by atoms with Crippen molar-refractivity contribution in [3.05, 3.63) is 29.8 Å². The van der Waals surface area contributed by atoms with Gasteiger partial charge in [0, 0.05) is 6.54 Å². The first-order chi connectivity index (χ1) is 9.45. The molecule has 0 aliphatic rings. The highest BCUT2D eigenvalue weighted by Gasteiger charge is 2.15. The molecule has 0 aromatic heterocycles. The van der Waals surface area contributed by atoms with E-state index in [0.29, 0.717) is 5.75 Å². The number of rotatable bonds is 9. The van der Waals surface area contributed by atoms with Gasteiger partial charge in [0.2, 0.25) is 0 Å². The molecule has 0 saturated carbocycles. The van der Waals surface area contributed by atoms with Gasteiger partial charge in [-0.1, -0.05) is 19.1 Å². The van der Waals surface area contributed by atoms with Gasteiger partial charge < -0.3 is 10.1 Å². The van der Waals surface area contributed by atoms with Crippen molar-refractivity contribution >= 4 is 9.84 Å². The van der Waals surface area contributed by atoms with Crippen molar-refractivity contribution in [1.82, 2.24) is 5.32 Å². The molecule has 0 aliphatic heterocycles. The van der Waals surface area contributed by atoms with Crippen LogP contribution in [0.15, 0.2) is 24.3 Å². The lowest BCUT2D eigenvalue weighted by Crippen LogP contribution is -2.22. The Balaban J connectivity index is 2.38. The predicted molar refractivity (Wildman–Crippen MR) is 82.9 cm³/mol. The zero-order valence-electron chi connectivity index (χ0n) is 12.6. The molecule has 1 rings (SSSR count). The third kappa shape index (κ3) is 5.92. The highest BCUT2D eigenvalue weighted by molar-refractivity contribution is 7.91. The van der Waals surface area contributed by atoms with E-state index in [0.717, 1.165) is 19.5 Å². The van der Waals surface area contributed by atoms with Crippen molar-refractivity contribution < 1.29 is 13.2 Å². The zero-order valence-corrected chi connectivity index (χ0v) is 13.4. The maximum absolute atomic E-state index is 11.6. The van der Waals surface area contributed by atoms with E-state index in [2.05, 4.69) is 12.2 Å². The first-order valence-corrected chi connectivity index (χ1v) is 8.81. The predicted octanol–water partition coefficient (Wildman–Crippen LogP) is 2.39. The molecule has 20 heavy (non-hydrogen) atoms. The highest BCUT2D eigenvalue weighted by Crippen LogP contribution is 2.12. The van der Waals surface area contributed by atoms with Gasteiger partial charge in [0.15, 0.2) is 9.84 Å². The van der Waals surface area contributed by atoms with Crippen LogP contribution in [0, 0.1) is 0 Å². The Morgan fingerprint density at radius 3 is 2.40 bits per heavy atom. The van der Waals surface area contributed by atoms with Gasteiger partial charge in [0.1, 0.15) is 12.4 Å². The van der Waals surface area contributed by atoms with Crippen LogP contribution in [0.1, 0.15) is 32.8 Å². The molecular formula is C15H25NO3S. The van der Waals surface area contributed by atoms with Crippen molar-refractivity contribution in [2.75, 3.05) is 18.9 Å². The normalized spacial score (nSPS) is 11.8. The summed E-state index contributed by atoms with van der Waals surface area (Å²) in [5, 5.41) is 2.98. The Labute approximate surface area is 122 Å². The van der Waals surface area contributed by atoms with Gasteiger partial charge in [-0.3, -0.25) is 0 Å². The molecule has 0 aliphatic carbocycles. The Hall–Kier alpha value is -1.07. The second kappa shape index (κ2) is 8.27. The molecule has 0 spiro atoms. The summed E-state index contributed by atoms with van der Waals surface area (Å²) in [5.41, 5.74) is 1.20. The number of nitrogens with one attached hydrogen (secondary N) is 1. The average Bonchev–Trinajstić information content (AvgIpc) is 2.40. The summed E-state index contributed by atoms with van der Waals surface area (Å²) in [5.74, 6) is 0.771. The third-order valence-corrected chi connectivity index (χ3v) is 5.21. The van der Waals surface area contributed by atoms with Gasteiger partial charge in [0.05, 0.1) is 11.0 Å². The van der Waals surface area contributed by atoms with Gasteiger partial charge >= 0.3 is 0 Å². The molecular weight excluding hydrogens is 274 g/mol. The fraction of sp³-hybridized carbons (Fsp3) is 0.600. The van der Waals surface area contributed by atoms with Crippen LogP contribution in [0.5, 0.6) is 5.75 Å². The van der Waals surface area contributed by atoms with E-state index in [1.165, 1.54) is 5.56 Å². The van der Waals surface area contributed by atoms with E-state index < -0.39 is 9.84 Å². The lowest BCUT2D eigenvalue weighted by atomic mass is 10.2. The molecule has 0 fully saturated rings. The molecule has 114 valence electrons. The van der Waals surface area contributed by atoms with Crippen molar-refractivity contribution in [2.24, 2.45) is 0 Å². The molecule has 4 nitrogen and oxygen atoms in total. The number of benzene rings is 1. The largest absolute Gasteiger partial charge is 0.493 e. The van der Waals surface area contributed by atoms with Crippen molar-refractivity contribution in [2.45, 2.75) is 39.0 Å². The minimum Gasteiger partial charge on any atom is -0.493 e. The van der Waals surface area contributed by atoms with Crippen LogP contribution >= 0.6 is 0 Å². The number of ether oxygens (including phenoxy) is 1. The van der Waals surface area contributed by atoms with Crippen LogP contribution in [0.2, 0.25) is 0 Å². The molecule has 5 heteroatoms. The topological polar surface area (TPSA) is 55.4 Å². The summed E-state index contributed by atoms with van der Waals surface area (Å²) in [6.45, 7) is 7.56. The first kappa shape index (κ1) is 17.0. The van der Waals surface area contributed by atoms with Crippen LogP contribution < -0.4 is 10.1 Å². The molecule has 0 amide bonds. The van der Waals surface area contributed by atoms with E-state index in [9.17, 15) is 8.42 Å². The van der Waals surface area contributed by atoms with Gasteiger partial charge in [-0.25, -0.2) is 8.42 Å². The second-order valence-corrected chi connectivity index (χ2v) is 7.76. The van der Waals surface area contributed by atoms with Crippen LogP contribution in [0.4, 0.5) is 0 Å². The maximum atomic E-state index is 11.6. The highest BCUT2D eigenvalue weighted by atomic mass is 32.2. The van der Waals surface area contributed by atoms with Crippen molar-refractivity contribution in [3.8, 4) is 5.75 Å². The Bertz CT molecular complexity index is 480. The molecule has 0 atom stereocenters.